The molecule has 0 saturated carbocycles. The summed E-state index contributed by atoms with van der Waals surface area (Å²) in [6, 6.07) is 16.3. The van der Waals surface area contributed by atoms with Crippen LogP contribution in [0.15, 0.2) is 70.5 Å². The summed E-state index contributed by atoms with van der Waals surface area (Å²) in [6.45, 7) is 13.1. The third-order valence-electron chi connectivity index (χ3n) is 6.96. The summed E-state index contributed by atoms with van der Waals surface area (Å²) >= 11 is 0. The van der Waals surface area contributed by atoms with E-state index in [0.29, 0.717) is 13.2 Å². The molecular weight excluding hydrogens is 604 g/mol. The minimum Gasteiger partial charge on any atom is -0.490 e. The van der Waals surface area contributed by atoms with E-state index in [0.717, 1.165) is 11.1 Å². The Hall–Kier alpha value is -3.32. The Bertz CT molecular complexity index is 1550. The number of benzene rings is 3. The second-order valence-corrected chi connectivity index (χ2v) is 15.8. The standard InChI is InChI=1S/C32H42N2O8S2/c1-31(2,3)23-11-13-27-29(21-23)43(35,36)33-25-9-7-8-10-26(25)34-44(37,38)30-22-24(32(4,5)6)12-14-28(30)42-20-18-40-16-15-39-17-19-41-27/h7-14,21-22,33-34H,15-20H2,1-6H3. The van der Waals surface area contributed by atoms with Gasteiger partial charge >= 0.3 is 0 Å². The number of hydrogen-bond acceptors (Lipinski definition) is 8. The molecular formula is C32H42N2O8S2. The smallest absolute Gasteiger partial charge is 0.265 e. The lowest BCUT2D eigenvalue weighted by molar-refractivity contribution is 0.0268. The Labute approximate surface area is 261 Å². The molecule has 1 aliphatic heterocycles. The maximum Gasteiger partial charge on any atom is 0.265 e. The van der Waals surface area contributed by atoms with Crippen LogP contribution in [0, 0.1) is 0 Å². The lowest BCUT2D eigenvalue weighted by atomic mass is 9.87. The second-order valence-electron chi connectivity index (χ2n) is 12.5. The van der Waals surface area contributed by atoms with Crippen molar-refractivity contribution in [3.05, 3.63) is 71.8 Å². The first-order valence-electron chi connectivity index (χ1n) is 14.4. The highest BCUT2D eigenvalue weighted by Gasteiger charge is 2.28. The molecule has 0 saturated heterocycles. The van der Waals surface area contributed by atoms with E-state index in [1.54, 1.807) is 36.4 Å². The first kappa shape index (κ1) is 33.6. The number of anilines is 2. The van der Waals surface area contributed by atoms with Gasteiger partial charge in [0.15, 0.2) is 0 Å². The van der Waals surface area contributed by atoms with Gasteiger partial charge in [0.2, 0.25) is 0 Å². The van der Waals surface area contributed by atoms with E-state index in [4.69, 9.17) is 18.9 Å². The van der Waals surface area contributed by atoms with Crippen LogP contribution in [0.1, 0.15) is 52.7 Å². The monoisotopic (exact) mass is 646 g/mol. The average molecular weight is 647 g/mol. The van der Waals surface area contributed by atoms with E-state index < -0.39 is 20.0 Å². The molecule has 4 rings (SSSR count). The van der Waals surface area contributed by atoms with Gasteiger partial charge in [-0.2, -0.15) is 0 Å². The van der Waals surface area contributed by atoms with Crippen LogP contribution in [-0.2, 0) is 40.4 Å². The van der Waals surface area contributed by atoms with Crippen molar-refractivity contribution in [1.29, 1.82) is 0 Å². The van der Waals surface area contributed by atoms with Gasteiger partial charge in [0.1, 0.15) is 34.5 Å². The molecule has 44 heavy (non-hydrogen) atoms. The topological polar surface area (TPSA) is 129 Å². The Morgan fingerprint density at radius 2 is 0.909 bits per heavy atom. The van der Waals surface area contributed by atoms with Crippen molar-refractivity contribution in [2.75, 3.05) is 49.1 Å². The van der Waals surface area contributed by atoms with Gasteiger partial charge in [-0.3, -0.25) is 9.44 Å². The van der Waals surface area contributed by atoms with Crippen molar-refractivity contribution in [1.82, 2.24) is 0 Å². The minimum atomic E-state index is -4.25. The zero-order chi connectivity index (χ0) is 32.2. The highest BCUT2D eigenvalue weighted by Crippen LogP contribution is 2.36. The van der Waals surface area contributed by atoms with Crippen LogP contribution in [0.3, 0.4) is 0 Å². The number of para-hydroxylation sites is 2. The molecule has 0 aromatic heterocycles. The predicted octanol–water partition coefficient (Wildman–Crippen LogP) is 5.69. The molecule has 10 nitrogen and oxygen atoms in total. The fourth-order valence-corrected chi connectivity index (χ4v) is 6.91. The number of sulfonamides is 2. The van der Waals surface area contributed by atoms with Crippen molar-refractivity contribution < 1.29 is 35.8 Å². The zero-order valence-electron chi connectivity index (χ0n) is 26.1. The highest BCUT2D eigenvalue weighted by atomic mass is 32.2. The molecule has 1 aliphatic rings. The fraction of sp³-hybridized carbons (Fsp3) is 0.438. The quantitative estimate of drug-likeness (QED) is 0.319. The highest BCUT2D eigenvalue weighted by molar-refractivity contribution is 7.93. The van der Waals surface area contributed by atoms with Crippen LogP contribution in [0.2, 0.25) is 0 Å². The summed E-state index contributed by atoms with van der Waals surface area (Å²) in [5.74, 6) is 0.303. The summed E-state index contributed by atoms with van der Waals surface area (Å²) in [4.78, 5) is -0.150. The van der Waals surface area contributed by atoms with Crippen molar-refractivity contribution in [3.8, 4) is 11.5 Å². The molecule has 0 aliphatic carbocycles. The van der Waals surface area contributed by atoms with Gasteiger partial charge in [0, 0.05) is 0 Å². The summed E-state index contributed by atoms with van der Waals surface area (Å²) in [5.41, 5.74) is 0.978. The van der Waals surface area contributed by atoms with Crippen LogP contribution < -0.4 is 18.9 Å². The molecule has 12 heteroatoms. The van der Waals surface area contributed by atoms with Gasteiger partial charge in [-0.05, 0) is 58.4 Å². The van der Waals surface area contributed by atoms with Crippen molar-refractivity contribution >= 4 is 31.4 Å². The maximum atomic E-state index is 13.9. The normalized spacial score (nSPS) is 18.0. The lowest BCUT2D eigenvalue weighted by Crippen LogP contribution is -2.21. The fourth-order valence-electron chi connectivity index (χ4n) is 4.41. The summed E-state index contributed by atoms with van der Waals surface area (Å²) in [6.07, 6.45) is 0. The number of ether oxygens (including phenoxy) is 4. The summed E-state index contributed by atoms with van der Waals surface area (Å²) < 4.78 is 83.6. The van der Waals surface area contributed by atoms with E-state index in [-0.39, 0.29) is 69.9 Å². The van der Waals surface area contributed by atoms with Crippen molar-refractivity contribution in [2.24, 2.45) is 0 Å². The molecule has 3 aromatic rings. The molecule has 0 unspecified atom stereocenters. The van der Waals surface area contributed by atoms with Crippen LogP contribution in [0.5, 0.6) is 11.5 Å². The van der Waals surface area contributed by atoms with Crippen molar-refractivity contribution in [3.63, 3.8) is 0 Å². The van der Waals surface area contributed by atoms with E-state index in [1.807, 2.05) is 53.7 Å². The predicted molar refractivity (Wildman–Crippen MR) is 171 cm³/mol. The van der Waals surface area contributed by atoms with Crippen LogP contribution >= 0.6 is 0 Å². The number of hydrogen-bond donors (Lipinski definition) is 2. The number of rotatable bonds is 0. The van der Waals surface area contributed by atoms with Crippen LogP contribution in [0.4, 0.5) is 11.4 Å². The van der Waals surface area contributed by atoms with Crippen LogP contribution in [0.25, 0.3) is 0 Å². The van der Waals surface area contributed by atoms with Crippen LogP contribution in [-0.4, -0.2) is 56.5 Å². The third-order valence-corrected chi connectivity index (χ3v) is 9.73. The van der Waals surface area contributed by atoms with Crippen molar-refractivity contribution in [2.45, 2.75) is 62.2 Å². The van der Waals surface area contributed by atoms with Gasteiger partial charge in [-0.25, -0.2) is 16.8 Å². The summed E-state index contributed by atoms with van der Waals surface area (Å²) in [5, 5.41) is 0. The molecule has 0 fully saturated rings. The zero-order valence-corrected chi connectivity index (χ0v) is 27.7. The summed E-state index contributed by atoms with van der Waals surface area (Å²) in [7, 11) is -8.49. The van der Waals surface area contributed by atoms with Gasteiger partial charge in [0.25, 0.3) is 20.0 Å². The molecule has 0 bridgehead atoms. The molecule has 3 aromatic carbocycles. The Balaban J connectivity index is 1.80. The van der Waals surface area contributed by atoms with Gasteiger partial charge in [-0.1, -0.05) is 65.8 Å². The van der Waals surface area contributed by atoms with Gasteiger partial charge in [0.05, 0.1) is 37.8 Å². The molecule has 0 atom stereocenters. The molecule has 2 N–H and O–H groups in total. The van der Waals surface area contributed by atoms with E-state index >= 15 is 0 Å². The Morgan fingerprint density at radius 1 is 0.545 bits per heavy atom. The lowest BCUT2D eigenvalue weighted by Gasteiger charge is -2.23. The first-order valence-corrected chi connectivity index (χ1v) is 17.4. The largest absolute Gasteiger partial charge is 0.490 e. The number of nitrogens with one attached hydrogen (secondary N) is 2. The van der Waals surface area contributed by atoms with E-state index in [2.05, 4.69) is 9.44 Å². The molecule has 1 heterocycles. The van der Waals surface area contributed by atoms with E-state index in [9.17, 15) is 16.8 Å². The number of fused-ring (bicyclic) bond motifs is 3. The molecule has 0 spiro atoms. The van der Waals surface area contributed by atoms with Gasteiger partial charge in [-0.15, -0.1) is 0 Å². The third kappa shape index (κ3) is 8.44. The maximum absolute atomic E-state index is 13.9. The molecule has 240 valence electrons. The second kappa shape index (κ2) is 13.4. The Kier molecular flexibility index (Phi) is 10.2. The minimum absolute atomic E-state index is 0.0452. The van der Waals surface area contributed by atoms with Gasteiger partial charge < -0.3 is 18.9 Å². The molecule has 0 amide bonds. The SMILES string of the molecule is CC(C)(C)c1ccc2c(c1)S(=O)(=O)Nc1ccccc1NS(=O)(=O)c1cc(C(C)(C)C)ccc1OCCOCCOCCO2. The molecule has 0 radical (unpaired) electrons. The first-order chi connectivity index (χ1) is 20.6. The van der Waals surface area contributed by atoms with E-state index in [1.165, 1.54) is 12.1 Å². The Morgan fingerprint density at radius 3 is 1.27 bits per heavy atom. The average Bonchev–Trinajstić information content (AvgIpc) is 2.93.